The molecule has 0 aliphatic carbocycles. The molecular formula is C23H27NO3S2. The van der Waals surface area contributed by atoms with E-state index >= 15 is 0 Å². The fraction of sp³-hybridized carbons (Fsp3) is 0.304. The monoisotopic (exact) mass is 429 g/mol. The molecular weight excluding hydrogens is 402 g/mol. The van der Waals surface area contributed by atoms with E-state index in [1.54, 1.807) is 23.1 Å². The van der Waals surface area contributed by atoms with Crippen LogP contribution in [0.3, 0.4) is 0 Å². The Labute approximate surface area is 180 Å². The van der Waals surface area contributed by atoms with Crippen molar-refractivity contribution >= 4 is 23.1 Å². The summed E-state index contributed by atoms with van der Waals surface area (Å²) in [7, 11) is 0. The molecule has 3 aromatic rings. The molecule has 4 nitrogen and oxygen atoms in total. The van der Waals surface area contributed by atoms with Crippen molar-refractivity contribution in [1.29, 1.82) is 0 Å². The van der Waals surface area contributed by atoms with Crippen LogP contribution in [0.4, 0.5) is 0 Å². The smallest absolute Gasteiger partial charge is 0.0915 e. The molecule has 0 spiro atoms. The summed E-state index contributed by atoms with van der Waals surface area (Å²) >= 11 is 3.47. The summed E-state index contributed by atoms with van der Waals surface area (Å²) in [4.78, 5) is 0. The first-order valence-corrected chi connectivity index (χ1v) is 11.5. The maximum absolute atomic E-state index is 9.46. The molecule has 1 heterocycles. The predicted octanol–water partition coefficient (Wildman–Crippen LogP) is 3.60. The third kappa shape index (κ3) is 5.28. The molecule has 1 aromatic heterocycles. The molecule has 0 fully saturated rings. The molecule has 2 atom stereocenters. The quantitative estimate of drug-likeness (QED) is 0.406. The van der Waals surface area contributed by atoms with Gasteiger partial charge in [-0.1, -0.05) is 54.6 Å². The molecule has 1 unspecified atom stereocenters. The zero-order chi connectivity index (χ0) is 20.5. The Kier molecular flexibility index (Phi) is 8.29. The highest BCUT2D eigenvalue weighted by Gasteiger charge is 2.37. The van der Waals surface area contributed by atoms with Gasteiger partial charge in [0.25, 0.3) is 0 Å². The maximum atomic E-state index is 9.46. The van der Waals surface area contributed by atoms with Crippen LogP contribution < -0.4 is 5.73 Å². The van der Waals surface area contributed by atoms with Gasteiger partial charge < -0.3 is 20.7 Å². The maximum Gasteiger partial charge on any atom is 0.0915 e. The Bertz CT molecular complexity index is 840. The summed E-state index contributed by atoms with van der Waals surface area (Å²) in [6.45, 7) is 0.734. The van der Waals surface area contributed by atoms with Crippen molar-refractivity contribution in [3.63, 3.8) is 0 Å². The van der Waals surface area contributed by atoms with E-state index in [1.807, 2.05) is 18.2 Å². The van der Waals surface area contributed by atoms with Crippen molar-refractivity contribution in [2.75, 3.05) is 25.6 Å². The Morgan fingerprint density at radius 2 is 1.69 bits per heavy atom. The topological polar surface area (TPSA) is 75.7 Å². The van der Waals surface area contributed by atoms with Crippen LogP contribution in [-0.2, 0) is 16.1 Å². The number of aliphatic hydroxyl groups is 2. The first kappa shape index (κ1) is 22.0. The minimum atomic E-state index is -0.413. The second-order valence-electron chi connectivity index (χ2n) is 6.78. The van der Waals surface area contributed by atoms with E-state index in [0.29, 0.717) is 19.0 Å². The van der Waals surface area contributed by atoms with Crippen LogP contribution in [-0.4, -0.2) is 41.8 Å². The standard InChI is InChI=1S/C23H27NO3S2/c24-22(15-27-12-11-25)17-29-23(21-10-13-28-16-21,19-4-2-1-3-5-19)20-8-6-18(14-26)7-9-20/h1-10,13,16,22,25-26H,11-12,14-15,17,24H2/t22-,23?/m1/s1. The Morgan fingerprint density at radius 1 is 0.966 bits per heavy atom. The fourth-order valence-electron chi connectivity index (χ4n) is 3.31. The van der Waals surface area contributed by atoms with E-state index in [9.17, 15) is 5.11 Å². The first-order chi connectivity index (χ1) is 14.2. The average molecular weight is 430 g/mol. The van der Waals surface area contributed by atoms with Crippen molar-refractivity contribution in [1.82, 2.24) is 0 Å². The number of thiophene rings is 1. The SMILES string of the molecule is N[C@H](COCCO)CSC(c1ccccc1)(c1ccc(CO)cc1)c1ccsc1. The lowest BCUT2D eigenvalue weighted by Gasteiger charge is -2.35. The third-order valence-electron chi connectivity index (χ3n) is 4.73. The van der Waals surface area contributed by atoms with Crippen LogP contribution in [0.5, 0.6) is 0 Å². The summed E-state index contributed by atoms with van der Waals surface area (Å²) in [6, 6.07) is 20.6. The van der Waals surface area contributed by atoms with Gasteiger partial charge in [-0.3, -0.25) is 0 Å². The second-order valence-corrected chi connectivity index (χ2v) is 8.80. The van der Waals surface area contributed by atoms with Crippen LogP contribution in [0.1, 0.15) is 22.3 Å². The number of rotatable bonds is 11. The highest BCUT2D eigenvalue weighted by molar-refractivity contribution is 8.00. The number of aliphatic hydroxyl groups excluding tert-OH is 2. The van der Waals surface area contributed by atoms with Crippen molar-refractivity contribution in [3.05, 3.63) is 93.7 Å². The molecule has 0 saturated carbocycles. The van der Waals surface area contributed by atoms with Crippen LogP contribution >= 0.6 is 23.1 Å². The van der Waals surface area contributed by atoms with Gasteiger partial charge in [0, 0.05) is 11.8 Å². The average Bonchev–Trinajstić information content (AvgIpc) is 3.31. The molecule has 0 saturated heterocycles. The lowest BCUT2D eigenvalue weighted by Crippen LogP contribution is -2.33. The summed E-state index contributed by atoms with van der Waals surface area (Å²) < 4.78 is 5.02. The molecule has 29 heavy (non-hydrogen) atoms. The van der Waals surface area contributed by atoms with Crippen LogP contribution in [0, 0.1) is 0 Å². The highest BCUT2D eigenvalue weighted by Crippen LogP contribution is 2.49. The van der Waals surface area contributed by atoms with Gasteiger partial charge >= 0.3 is 0 Å². The van der Waals surface area contributed by atoms with Gasteiger partial charge in [-0.05, 0) is 39.1 Å². The number of ether oxygens (including phenoxy) is 1. The molecule has 0 bridgehead atoms. The van der Waals surface area contributed by atoms with Gasteiger partial charge in [0.1, 0.15) is 0 Å². The van der Waals surface area contributed by atoms with E-state index in [0.717, 1.165) is 11.1 Å². The third-order valence-corrected chi connectivity index (χ3v) is 7.15. The minimum absolute atomic E-state index is 0.0000741. The predicted molar refractivity (Wildman–Crippen MR) is 121 cm³/mol. The summed E-state index contributed by atoms with van der Waals surface area (Å²) in [5.41, 5.74) is 10.7. The number of nitrogens with two attached hydrogens (primary N) is 1. The van der Waals surface area contributed by atoms with Crippen LogP contribution in [0.15, 0.2) is 71.4 Å². The van der Waals surface area contributed by atoms with Crippen molar-refractivity contribution in [2.24, 2.45) is 5.73 Å². The van der Waals surface area contributed by atoms with E-state index in [4.69, 9.17) is 15.6 Å². The van der Waals surface area contributed by atoms with E-state index < -0.39 is 4.75 Å². The molecule has 6 heteroatoms. The van der Waals surface area contributed by atoms with Crippen molar-refractivity contribution in [2.45, 2.75) is 17.4 Å². The van der Waals surface area contributed by atoms with E-state index in [-0.39, 0.29) is 19.3 Å². The van der Waals surface area contributed by atoms with E-state index in [1.165, 1.54) is 11.1 Å². The second kappa shape index (κ2) is 10.9. The number of hydrogen-bond donors (Lipinski definition) is 3. The number of benzene rings is 2. The largest absolute Gasteiger partial charge is 0.394 e. The molecule has 2 aromatic carbocycles. The molecule has 154 valence electrons. The summed E-state index contributed by atoms with van der Waals surface area (Å²) in [6.07, 6.45) is 0. The molecule has 0 radical (unpaired) electrons. The summed E-state index contributed by atoms with van der Waals surface area (Å²) in [5, 5.41) is 22.7. The van der Waals surface area contributed by atoms with Crippen LogP contribution in [0.2, 0.25) is 0 Å². The van der Waals surface area contributed by atoms with Crippen molar-refractivity contribution < 1.29 is 14.9 Å². The Hall–Kier alpha value is -1.67. The summed E-state index contributed by atoms with van der Waals surface area (Å²) in [5.74, 6) is 0.692. The zero-order valence-electron chi connectivity index (χ0n) is 16.2. The van der Waals surface area contributed by atoms with Gasteiger partial charge in [-0.15, -0.1) is 11.8 Å². The molecule has 4 N–H and O–H groups in total. The molecule has 0 aliphatic rings. The number of hydrogen-bond acceptors (Lipinski definition) is 6. The van der Waals surface area contributed by atoms with E-state index in [2.05, 4.69) is 53.2 Å². The van der Waals surface area contributed by atoms with Gasteiger partial charge in [-0.2, -0.15) is 11.3 Å². The molecule has 0 amide bonds. The first-order valence-electron chi connectivity index (χ1n) is 9.57. The number of thioether (sulfide) groups is 1. The van der Waals surface area contributed by atoms with Crippen LogP contribution in [0.25, 0.3) is 0 Å². The van der Waals surface area contributed by atoms with Crippen molar-refractivity contribution in [3.8, 4) is 0 Å². The van der Waals surface area contributed by atoms with Gasteiger partial charge in [0.05, 0.1) is 31.2 Å². The zero-order valence-corrected chi connectivity index (χ0v) is 17.9. The lowest BCUT2D eigenvalue weighted by atomic mass is 9.85. The van der Waals surface area contributed by atoms with Gasteiger partial charge in [-0.25, -0.2) is 0 Å². The molecule has 3 rings (SSSR count). The Morgan fingerprint density at radius 3 is 2.31 bits per heavy atom. The fourth-order valence-corrected chi connectivity index (χ4v) is 5.55. The Balaban J connectivity index is 2.00. The van der Waals surface area contributed by atoms with Gasteiger partial charge in [0.2, 0.25) is 0 Å². The lowest BCUT2D eigenvalue weighted by molar-refractivity contribution is 0.0864. The highest BCUT2D eigenvalue weighted by atomic mass is 32.2. The van der Waals surface area contributed by atoms with Gasteiger partial charge in [0.15, 0.2) is 0 Å². The normalized spacial score (nSPS) is 14.4. The molecule has 0 aliphatic heterocycles. The minimum Gasteiger partial charge on any atom is -0.394 e.